The van der Waals surface area contributed by atoms with Crippen LogP contribution in [0, 0.1) is 0 Å². The highest BCUT2D eigenvalue weighted by Gasteiger charge is 2.20. The van der Waals surface area contributed by atoms with Crippen molar-refractivity contribution in [2.75, 3.05) is 18.0 Å². The maximum atomic E-state index is 13.2. The lowest BCUT2D eigenvalue weighted by molar-refractivity contribution is 0.277. The summed E-state index contributed by atoms with van der Waals surface area (Å²) in [6.45, 7) is 1.44. The van der Waals surface area contributed by atoms with E-state index >= 15 is 0 Å². The molecule has 1 aliphatic rings. The molecule has 18 heavy (non-hydrogen) atoms. The number of aromatic nitrogens is 2. The van der Waals surface area contributed by atoms with E-state index < -0.39 is 6.17 Å². The van der Waals surface area contributed by atoms with Gasteiger partial charge in [0.15, 0.2) is 0 Å². The lowest BCUT2D eigenvalue weighted by atomic mass is 10.1. The molecular formula is C13H13BrFN3. The van der Waals surface area contributed by atoms with E-state index in [1.165, 1.54) is 0 Å². The van der Waals surface area contributed by atoms with E-state index in [0.29, 0.717) is 12.8 Å². The number of rotatable bonds is 1. The normalized spacial score (nSPS) is 17.3. The second-order valence-corrected chi connectivity index (χ2v) is 5.44. The summed E-state index contributed by atoms with van der Waals surface area (Å²) in [4.78, 5) is 10.8. The zero-order chi connectivity index (χ0) is 12.5. The molecule has 0 radical (unpaired) electrons. The molecule has 0 amide bonds. The highest BCUT2D eigenvalue weighted by molar-refractivity contribution is 9.10. The summed E-state index contributed by atoms with van der Waals surface area (Å²) in [6, 6.07) is 5.95. The molecule has 3 rings (SSSR count). The van der Waals surface area contributed by atoms with Gasteiger partial charge in [0.1, 0.15) is 18.3 Å². The lowest BCUT2D eigenvalue weighted by Gasteiger charge is -2.30. The van der Waals surface area contributed by atoms with Gasteiger partial charge in [-0.05, 0) is 31.0 Å². The van der Waals surface area contributed by atoms with Crippen LogP contribution < -0.4 is 4.90 Å². The summed E-state index contributed by atoms with van der Waals surface area (Å²) >= 11 is 3.47. The van der Waals surface area contributed by atoms with Crippen LogP contribution in [0.3, 0.4) is 0 Å². The van der Waals surface area contributed by atoms with Crippen molar-refractivity contribution in [2.24, 2.45) is 0 Å². The Balaban J connectivity index is 2.03. The van der Waals surface area contributed by atoms with Crippen LogP contribution in [0.25, 0.3) is 10.9 Å². The van der Waals surface area contributed by atoms with Gasteiger partial charge in [-0.3, -0.25) is 0 Å². The molecule has 2 aromatic rings. The van der Waals surface area contributed by atoms with Gasteiger partial charge in [0.2, 0.25) is 0 Å². The van der Waals surface area contributed by atoms with E-state index in [0.717, 1.165) is 34.3 Å². The van der Waals surface area contributed by atoms with Crippen LogP contribution in [0.2, 0.25) is 0 Å². The molecule has 2 heterocycles. The molecule has 0 unspecified atom stereocenters. The van der Waals surface area contributed by atoms with Gasteiger partial charge < -0.3 is 4.90 Å². The zero-order valence-electron chi connectivity index (χ0n) is 9.81. The number of piperidine rings is 1. The lowest BCUT2D eigenvalue weighted by Crippen LogP contribution is -2.35. The number of anilines is 1. The smallest absolute Gasteiger partial charge is 0.139 e. The number of benzene rings is 1. The standard InChI is InChI=1S/C13H13BrFN3/c14-9-1-2-12-11(7-9)13(17-8-16-12)18-5-3-10(15)4-6-18/h1-2,7-8,10H,3-6H2. The molecule has 1 aromatic heterocycles. The van der Waals surface area contributed by atoms with Gasteiger partial charge in [-0.25, -0.2) is 14.4 Å². The molecule has 3 nitrogen and oxygen atoms in total. The van der Waals surface area contributed by atoms with E-state index in [1.54, 1.807) is 6.33 Å². The number of nitrogens with zero attached hydrogens (tertiary/aromatic N) is 3. The number of fused-ring (bicyclic) bond motifs is 1. The predicted molar refractivity (Wildman–Crippen MR) is 73.6 cm³/mol. The van der Waals surface area contributed by atoms with Crippen LogP contribution in [0.4, 0.5) is 10.2 Å². The fourth-order valence-electron chi connectivity index (χ4n) is 2.33. The van der Waals surface area contributed by atoms with E-state index in [1.807, 2.05) is 18.2 Å². The van der Waals surface area contributed by atoms with Gasteiger partial charge in [-0.15, -0.1) is 0 Å². The Kier molecular flexibility index (Phi) is 3.16. The van der Waals surface area contributed by atoms with Crippen molar-refractivity contribution in [3.63, 3.8) is 0 Å². The molecule has 1 saturated heterocycles. The third-order valence-electron chi connectivity index (χ3n) is 3.30. The van der Waals surface area contributed by atoms with Crippen LogP contribution in [-0.4, -0.2) is 29.2 Å². The highest BCUT2D eigenvalue weighted by atomic mass is 79.9. The molecule has 0 spiro atoms. The van der Waals surface area contributed by atoms with Gasteiger partial charge in [0.05, 0.1) is 5.52 Å². The minimum absolute atomic E-state index is 0.583. The molecule has 94 valence electrons. The van der Waals surface area contributed by atoms with E-state index in [9.17, 15) is 4.39 Å². The third-order valence-corrected chi connectivity index (χ3v) is 3.79. The summed E-state index contributed by atoms with van der Waals surface area (Å²) in [5, 5.41) is 1.02. The number of halogens is 2. The Morgan fingerprint density at radius 2 is 2.00 bits per heavy atom. The summed E-state index contributed by atoms with van der Waals surface area (Å²) in [5.74, 6) is 0.910. The quantitative estimate of drug-likeness (QED) is 0.809. The summed E-state index contributed by atoms with van der Waals surface area (Å²) in [7, 11) is 0. The van der Waals surface area contributed by atoms with Crippen molar-refractivity contribution in [1.29, 1.82) is 0 Å². The maximum absolute atomic E-state index is 13.2. The molecular weight excluding hydrogens is 297 g/mol. The van der Waals surface area contributed by atoms with E-state index in [4.69, 9.17) is 0 Å². The second kappa shape index (κ2) is 4.80. The number of hydrogen-bond donors (Lipinski definition) is 0. The van der Waals surface area contributed by atoms with Gasteiger partial charge in [0, 0.05) is 22.9 Å². The maximum Gasteiger partial charge on any atom is 0.139 e. The number of alkyl halides is 1. The fourth-order valence-corrected chi connectivity index (χ4v) is 2.69. The first kappa shape index (κ1) is 11.8. The second-order valence-electron chi connectivity index (χ2n) is 4.52. The SMILES string of the molecule is FC1CCN(c2ncnc3ccc(Br)cc23)CC1. The van der Waals surface area contributed by atoms with Crippen molar-refractivity contribution in [1.82, 2.24) is 9.97 Å². The van der Waals surface area contributed by atoms with Gasteiger partial charge in [-0.2, -0.15) is 0 Å². The first-order valence-electron chi connectivity index (χ1n) is 6.03. The van der Waals surface area contributed by atoms with Crippen molar-refractivity contribution in [3.8, 4) is 0 Å². The third kappa shape index (κ3) is 2.19. The highest BCUT2D eigenvalue weighted by Crippen LogP contribution is 2.28. The zero-order valence-corrected chi connectivity index (χ0v) is 11.4. The molecule has 0 saturated carbocycles. The van der Waals surface area contributed by atoms with Crippen LogP contribution in [0.1, 0.15) is 12.8 Å². The van der Waals surface area contributed by atoms with Crippen molar-refractivity contribution >= 4 is 32.7 Å². The Morgan fingerprint density at radius 1 is 1.22 bits per heavy atom. The monoisotopic (exact) mass is 309 g/mol. The van der Waals surface area contributed by atoms with Crippen molar-refractivity contribution < 1.29 is 4.39 Å². The molecule has 1 aliphatic heterocycles. The molecule has 0 atom stereocenters. The first-order valence-corrected chi connectivity index (χ1v) is 6.82. The van der Waals surface area contributed by atoms with Crippen LogP contribution >= 0.6 is 15.9 Å². The van der Waals surface area contributed by atoms with Crippen molar-refractivity contribution in [3.05, 3.63) is 29.0 Å². The van der Waals surface area contributed by atoms with Crippen molar-refractivity contribution in [2.45, 2.75) is 19.0 Å². The average Bonchev–Trinajstić information content (AvgIpc) is 2.39. The molecule has 1 fully saturated rings. The Morgan fingerprint density at radius 3 is 2.78 bits per heavy atom. The van der Waals surface area contributed by atoms with Gasteiger partial charge in [0.25, 0.3) is 0 Å². The average molecular weight is 310 g/mol. The molecule has 5 heteroatoms. The topological polar surface area (TPSA) is 29.0 Å². The van der Waals surface area contributed by atoms with E-state index in [-0.39, 0.29) is 0 Å². The Hall–Kier alpha value is -1.23. The number of hydrogen-bond acceptors (Lipinski definition) is 3. The fraction of sp³-hybridized carbons (Fsp3) is 0.385. The van der Waals surface area contributed by atoms with Gasteiger partial charge >= 0.3 is 0 Å². The summed E-state index contributed by atoms with van der Waals surface area (Å²) < 4.78 is 14.2. The molecule has 0 bridgehead atoms. The molecule has 1 aromatic carbocycles. The van der Waals surface area contributed by atoms with Crippen LogP contribution in [-0.2, 0) is 0 Å². The Bertz CT molecular complexity index is 567. The predicted octanol–water partition coefficient (Wildman–Crippen LogP) is 3.33. The molecule has 0 N–H and O–H groups in total. The Labute approximate surface area is 113 Å². The van der Waals surface area contributed by atoms with E-state index in [2.05, 4.69) is 30.8 Å². The first-order chi connectivity index (χ1) is 8.74. The summed E-state index contributed by atoms with van der Waals surface area (Å²) in [5.41, 5.74) is 0.922. The van der Waals surface area contributed by atoms with Crippen LogP contribution in [0.5, 0.6) is 0 Å². The largest absolute Gasteiger partial charge is 0.356 e. The minimum atomic E-state index is -0.666. The van der Waals surface area contributed by atoms with Crippen LogP contribution in [0.15, 0.2) is 29.0 Å². The minimum Gasteiger partial charge on any atom is -0.356 e. The summed E-state index contributed by atoms with van der Waals surface area (Å²) in [6.07, 6.45) is 2.08. The molecule has 0 aliphatic carbocycles. The van der Waals surface area contributed by atoms with Gasteiger partial charge in [-0.1, -0.05) is 15.9 Å².